The van der Waals surface area contributed by atoms with E-state index in [0.29, 0.717) is 23.4 Å². The SMILES string of the molecule is CCCCOCCN1CC(C(C)(C)C)NCC1C(C)C. The van der Waals surface area contributed by atoms with Gasteiger partial charge in [0.05, 0.1) is 6.61 Å². The van der Waals surface area contributed by atoms with E-state index in [1.807, 2.05) is 0 Å². The van der Waals surface area contributed by atoms with E-state index < -0.39 is 0 Å². The predicted molar refractivity (Wildman–Crippen MR) is 87.2 cm³/mol. The molecule has 20 heavy (non-hydrogen) atoms. The largest absolute Gasteiger partial charge is 0.380 e. The fourth-order valence-corrected chi connectivity index (χ4v) is 2.85. The molecule has 1 N–H and O–H groups in total. The van der Waals surface area contributed by atoms with Gasteiger partial charge < -0.3 is 10.1 Å². The smallest absolute Gasteiger partial charge is 0.0593 e. The zero-order valence-electron chi connectivity index (χ0n) is 14.5. The minimum atomic E-state index is 0.323. The molecule has 2 unspecified atom stereocenters. The van der Waals surface area contributed by atoms with Gasteiger partial charge in [0.1, 0.15) is 0 Å². The highest BCUT2D eigenvalue weighted by molar-refractivity contribution is 4.92. The van der Waals surface area contributed by atoms with Crippen molar-refractivity contribution < 1.29 is 4.74 Å². The Kier molecular flexibility index (Phi) is 7.49. The van der Waals surface area contributed by atoms with Crippen molar-refractivity contribution in [1.82, 2.24) is 10.2 Å². The average Bonchev–Trinajstić information content (AvgIpc) is 2.37. The van der Waals surface area contributed by atoms with E-state index in [1.54, 1.807) is 0 Å². The molecule has 120 valence electrons. The van der Waals surface area contributed by atoms with Gasteiger partial charge in [-0.05, 0) is 17.8 Å². The quantitative estimate of drug-likeness (QED) is 0.727. The topological polar surface area (TPSA) is 24.5 Å². The van der Waals surface area contributed by atoms with Gasteiger partial charge in [0, 0.05) is 38.3 Å². The third-order valence-electron chi connectivity index (χ3n) is 4.44. The van der Waals surface area contributed by atoms with Gasteiger partial charge in [0.15, 0.2) is 0 Å². The van der Waals surface area contributed by atoms with E-state index in [-0.39, 0.29) is 0 Å². The van der Waals surface area contributed by atoms with Crippen molar-refractivity contribution in [3.05, 3.63) is 0 Å². The summed E-state index contributed by atoms with van der Waals surface area (Å²) in [6, 6.07) is 1.22. The van der Waals surface area contributed by atoms with Crippen molar-refractivity contribution in [3.63, 3.8) is 0 Å². The van der Waals surface area contributed by atoms with Gasteiger partial charge in [-0.25, -0.2) is 0 Å². The van der Waals surface area contributed by atoms with Crippen molar-refractivity contribution >= 4 is 0 Å². The summed E-state index contributed by atoms with van der Waals surface area (Å²) in [6.45, 7) is 19.0. The maximum Gasteiger partial charge on any atom is 0.0593 e. The van der Waals surface area contributed by atoms with Crippen LogP contribution in [0.2, 0.25) is 0 Å². The Labute approximate surface area is 126 Å². The van der Waals surface area contributed by atoms with E-state index in [1.165, 1.54) is 12.8 Å². The summed E-state index contributed by atoms with van der Waals surface area (Å²) in [5.74, 6) is 0.694. The van der Waals surface area contributed by atoms with E-state index in [9.17, 15) is 0 Å². The van der Waals surface area contributed by atoms with Gasteiger partial charge in [0.25, 0.3) is 0 Å². The third-order valence-corrected chi connectivity index (χ3v) is 4.44. The minimum Gasteiger partial charge on any atom is -0.380 e. The van der Waals surface area contributed by atoms with E-state index in [2.05, 4.69) is 51.8 Å². The van der Waals surface area contributed by atoms with Crippen LogP contribution in [0.15, 0.2) is 0 Å². The van der Waals surface area contributed by atoms with Crippen LogP contribution in [0.1, 0.15) is 54.4 Å². The molecule has 0 aromatic rings. The van der Waals surface area contributed by atoms with Crippen LogP contribution in [0.25, 0.3) is 0 Å². The molecule has 2 atom stereocenters. The van der Waals surface area contributed by atoms with Crippen LogP contribution in [-0.2, 0) is 4.74 Å². The highest BCUT2D eigenvalue weighted by atomic mass is 16.5. The lowest BCUT2D eigenvalue weighted by atomic mass is 9.83. The molecule has 1 fully saturated rings. The van der Waals surface area contributed by atoms with Gasteiger partial charge in [-0.15, -0.1) is 0 Å². The molecule has 0 aromatic carbocycles. The zero-order valence-corrected chi connectivity index (χ0v) is 14.5. The summed E-state index contributed by atoms with van der Waals surface area (Å²) >= 11 is 0. The maximum atomic E-state index is 5.76. The maximum absolute atomic E-state index is 5.76. The number of hydrogen-bond donors (Lipinski definition) is 1. The summed E-state index contributed by atoms with van der Waals surface area (Å²) in [5.41, 5.74) is 0.323. The number of piperazine rings is 1. The average molecular weight is 284 g/mol. The molecule has 0 aliphatic carbocycles. The lowest BCUT2D eigenvalue weighted by Crippen LogP contribution is -2.62. The Bertz CT molecular complexity index is 260. The van der Waals surface area contributed by atoms with Crippen molar-refractivity contribution in [3.8, 4) is 0 Å². The number of nitrogens with zero attached hydrogens (tertiary/aromatic N) is 1. The molecule has 1 aliphatic rings. The number of unbranched alkanes of at least 4 members (excludes halogenated alkanes) is 1. The second-order valence-corrected chi connectivity index (χ2v) is 7.60. The molecule has 3 heteroatoms. The summed E-state index contributed by atoms with van der Waals surface area (Å²) in [7, 11) is 0. The lowest BCUT2D eigenvalue weighted by molar-refractivity contribution is 0.0310. The minimum absolute atomic E-state index is 0.323. The number of ether oxygens (including phenoxy) is 1. The molecule has 1 aliphatic heterocycles. The van der Waals surface area contributed by atoms with E-state index in [0.717, 1.165) is 32.8 Å². The van der Waals surface area contributed by atoms with Crippen LogP contribution in [-0.4, -0.2) is 49.8 Å². The molecule has 1 rings (SSSR count). The van der Waals surface area contributed by atoms with Gasteiger partial charge in [0.2, 0.25) is 0 Å². The first kappa shape index (κ1) is 17.9. The molecule has 0 radical (unpaired) electrons. The molecule has 1 heterocycles. The highest BCUT2D eigenvalue weighted by Crippen LogP contribution is 2.25. The number of rotatable bonds is 7. The third kappa shape index (κ3) is 5.71. The Morgan fingerprint density at radius 1 is 1.25 bits per heavy atom. The van der Waals surface area contributed by atoms with E-state index >= 15 is 0 Å². The molecule has 0 bridgehead atoms. The monoisotopic (exact) mass is 284 g/mol. The molecular formula is C17H36N2O. The van der Waals surface area contributed by atoms with Crippen molar-refractivity contribution in [2.45, 2.75) is 66.5 Å². The van der Waals surface area contributed by atoms with Crippen LogP contribution < -0.4 is 5.32 Å². The fourth-order valence-electron chi connectivity index (χ4n) is 2.85. The Balaban J connectivity index is 2.47. The summed E-state index contributed by atoms with van der Waals surface area (Å²) in [5, 5.41) is 3.75. The van der Waals surface area contributed by atoms with E-state index in [4.69, 9.17) is 4.74 Å². The molecule has 0 spiro atoms. The van der Waals surface area contributed by atoms with Gasteiger partial charge in [-0.1, -0.05) is 48.0 Å². The molecule has 1 saturated heterocycles. The van der Waals surface area contributed by atoms with Crippen molar-refractivity contribution in [2.24, 2.45) is 11.3 Å². The van der Waals surface area contributed by atoms with Crippen molar-refractivity contribution in [1.29, 1.82) is 0 Å². The molecule has 3 nitrogen and oxygen atoms in total. The lowest BCUT2D eigenvalue weighted by Gasteiger charge is -2.46. The van der Waals surface area contributed by atoms with Gasteiger partial charge in [-0.3, -0.25) is 4.90 Å². The second kappa shape index (κ2) is 8.35. The Morgan fingerprint density at radius 3 is 2.50 bits per heavy atom. The van der Waals surface area contributed by atoms with Crippen LogP contribution >= 0.6 is 0 Å². The molecule has 0 saturated carbocycles. The van der Waals surface area contributed by atoms with Crippen LogP contribution in [0.5, 0.6) is 0 Å². The second-order valence-electron chi connectivity index (χ2n) is 7.60. The first-order valence-electron chi connectivity index (χ1n) is 8.41. The summed E-state index contributed by atoms with van der Waals surface area (Å²) < 4.78 is 5.76. The number of hydrogen-bond acceptors (Lipinski definition) is 3. The standard InChI is InChI=1S/C17H36N2O/c1-7-8-10-20-11-9-19-13-16(17(4,5)6)18-12-15(19)14(2)3/h14-16,18H,7-13H2,1-6H3. The van der Waals surface area contributed by atoms with Crippen LogP contribution in [0.4, 0.5) is 0 Å². The zero-order chi connectivity index (χ0) is 15.2. The summed E-state index contributed by atoms with van der Waals surface area (Å²) in [4.78, 5) is 2.64. The first-order chi connectivity index (χ1) is 9.36. The molecule has 0 amide bonds. The van der Waals surface area contributed by atoms with Crippen LogP contribution in [0, 0.1) is 11.3 Å². The predicted octanol–water partition coefficient (Wildman–Crippen LogP) is 3.15. The van der Waals surface area contributed by atoms with Crippen molar-refractivity contribution in [2.75, 3.05) is 32.8 Å². The van der Waals surface area contributed by atoms with Crippen LogP contribution in [0.3, 0.4) is 0 Å². The number of nitrogens with one attached hydrogen (secondary N) is 1. The Hall–Kier alpha value is -0.120. The molecular weight excluding hydrogens is 248 g/mol. The summed E-state index contributed by atoms with van der Waals surface area (Å²) in [6.07, 6.45) is 2.40. The van der Waals surface area contributed by atoms with Gasteiger partial charge >= 0.3 is 0 Å². The Morgan fingerprint density at radius 2 is 1.95 bits per heavy atom. The highest BCUT2D eigenvalue weighted by Gasteiger charge is 2.34. The normalized spacial score (nSPS) is 25.4. The van der Waals surface area contributed by atoms with Gasteiger partial charge in [-0.2, -0.15) is 0 Å². The fraction of sp³-hybridized carbons (Fsp3) is 1.00. The first-order valence-corrected chi connectivity index (χ1v) is 8.41. The molecule has 0 aromatic heterocycles.